The van der Waals surface area contributed by atoms with Crippen molar-refractivity contribution in [2.75, 3.05) is 0 Å². The Morgan fingerprint density at radius 3 is 2.89 bits per heavy atom. The highest BCUT2D eigenvalue weighted by Gasteiger charge is 2.11. The number of nitrogens with two attached hydrogens (primary N) is 1. The zero-order valence-electron chi connectivity index (χ0n) is 10.5. The molecule has 96 valence electrons. The van der Waals surface area contributed by atoms with Crippen molar-refractivity contribution in [3.63, 3.8) is 0 Å². The molecule has 0 radical (unpaired) electrons. The number of thiophene rings is 1. The van der Waals surface area contributed by atoms with E-state index in [-0.39, 0.29) is 11.9 Å². The summed E-state index contributed by atoms with van der Waals surface area (Å²) >= 11 is 1.76. The first-order valence-corrected chi connectivity index (χ1v) is 7.09. The van der Waals surface area contributed by atoms with Gasteiger partial charge in [-0.1, -0.05) is 23.8 Å². The van der Waals surface area contributed by atoms with Gasteiger partial charge in [0.1, 0.15) is 5.82 Å². The van der Waals surface area contributed by atoms with Gasteiger partial charge in [-0.05, 0) is 43.7 Å². The lowest BCUT2D eigenvalue weighted by Crippen LogP contribution is -2.12. The van der Waals surface area contributed by atoms with E-state index in [4.69, 9.17) is 5.73 Å². The van der Waals surface area contributed by atoms with E-state index in [1.165, 1.54) is 10.9 Å². The molecule has 3 heteroatoms. The molecule has 1 heterocycles. The molecule has 1 nitrogen and oxygen atoms in total. The van der Waals surface area contributed by atoms with E-state index in [1.54, 1.807) is 17.4 Å². The van der Waals surface area contributed by atoms with Gasteiger partial charge in [0.25, 0.3) is 0 Å². The van der Waals surface area contributed by atoms with Crippen LogP contribution in [-0.4, -0.2) is 0 Å². The number of halogens is 1. The predicted octanol–water partition coefficient (Wildman–Crippen LogP) is 4.22. The van der Waals surface area contributed by atoms with Gasteiger partial charge in [-0.3, -0.25) is 0 Å². The molecule has 1 aromatic carbocycles. The number of aryl methyl sites for hydroxylation is 2. The van der Waals surface area contributed by atoms with Crippen molar-refractivity contribution >= 4 is 11.3 Å². The second-order valence-electron chi connectivity index (χ2n) is 4.60. The highest BCUT2D eigenvalue weighted by molar-refractivity contribution is 7.09. The van der Waals surface area contributed by atoms with Gasteiger partial charge in [-0.15, -0.1) is 11.3 Å². The Morgan fingerprint density at radius 1 is 1.33 bits per heavy atom. The third kappa shape index (κ3) is 3.40. The van der Waals surface area contributed by atoms with Crippen LogP contribution in [0.5, 0.6) is 0 Å². The van der Waals surface area contributed by atoms with Crippen LogP contribution in [0.1, 0.15) is 34.9 Å². The van der Waals surface area contributed by atoms with E-state index in [1.807, 2.05) is 13.0 Å². The molecule has 0 aliphatic carbocycles. The Balaban J connectivity index is 1.91. The fourth-order valence-corrected chi connectivity index (χ4v) is 2.81. The first-order chi connectivity index (χ1) is 8.66. The van der Waals surface area contributed by atoms with Crippen LogP contribution in [-0.2, 0) is 6.42 Å². The number of benzene rings is 1. The van der Waals surface area contributed by atoms with Crippen molar-refractivity contribution in [2.45, 2.75) is 32.2 Å². The maximum Gasteiger partial charge on any atom is 0.127 e. The van der Waals surface area contributed by atoms with Crippen molar-refractivity contribution in [1.29, 1.82) is 0 Å². The highest BCUT2D eigenvalue weighted by atomic mass is 32.1. The molecule has 0 bridgehead atoms. The van der Waals surface area contributed by atoms with E-state index in [0.717, 1.165) is 24.8 Å². The smallest absolute Gasteiger partial charge is 0.127 e. The maximum absolute atomic E-state index is 13.6. The van der Waals surface area contributed by atoms with Gasteiger partial charge >= 0.3 is 0 Å². The normalized spacial score (nSPS) is 12.6. The summed E-state index contributed by atoms with van der Waals surface area (Å²) in [5.41, 5.74) is 7.76. The molecular formula is C15H18FNS. The summed E-state index contributed by atoms with van der Waals surface area (Å²) in [6.45, 7) is 1.96. The van der Waals surface area contributed by atoms with Crippen molar-refractivity contribution in [3.8, 4) is 0 Å². The Bertz CT molecular complexity index is 493. The van der Waals surface area contributed by atoms with Gasteiger partial charge in [-0.2, -0.15) is 0 Å². The minimum absolute atomic E-state index is 0.191. The second-order valence-corrected chi connectivity index (χ2v) is 5.64. The van der Waals surface area contributed by atoms with Crippen LogP contribution in [0.4, 0.5) is 4.39 Å². The van der Waals surface area contributed by atoms with Crippen LogP contribution in [0, 0.1) is 12.7 Å². The standard InChI is InChI=1S/C15H18FNS/c1-11-7-8-14(16)13(10-11)15(17)6-2-4-12-5-3-9-18-12/h3,5,7-10,15H,2,4,6,17H2,1H3. The van der Waals surface area contributed by atoms with Crippen LogP contribution < -0.4 is 5.73 Å². The first kappa shape index (κ1) is 13.2. The van der Waals surface area contributed by atoms with Crippen molar-refractivity contribution in [1.82, 2.24) is 0 Å². The minimum atomic E-state index is -0.204. The topological polar surface area (TPSA) is 26.0 Å². The summed E-state index contributed by atoms with van der Waals surface area (Å²) in [6.07, 6.45) is 2.84. The monoisotopic (exact) mass is 263 g/mol. The molecular weight excluding hydrogens is 245 g/mol. The Morgan fingerprint density at radius 2 is 2.17 bits per heavy atom. The van der Waals surface area contributed by atoms with E-state index < -0.39 is 0 Å². The summed E-state index contributed by atoms with van der Waals surface area (Å²) in [6, 6.07) is 9.11. The number of hydrogen-bond donors (Lipinski definition) is 1. The van der Waals surface area contributed by atoms with Crippen molar-refractivity contribution < 1.29 is 4.39 Å². The van der Waals surface area contributed by atoms with Gasteiger partial charge in [0.05, 0.1) is 0 Å². The van der Waals surface area contributed by atoms with Gasteiger partial charge in [-0.25, -0.2) is 4.39 Å². The summed E-state index contributed by atoms with van der Waals surface area (Å²) in [5, 5.41) is 2.08. The highest BCUT2D eigenvalue weighted by Crippen LogP contribution is 2.22. The number of rotatable bonds is 5. The van der Waals surface area contributed by atoms with Gasteiger partial charge in [0, 0.05) is 16.5 Å². The summed E-state index contributed by atoms with van der Waals surface area (Å²) in [7, 11) is 0. The molecule has 0 saturated carbocycles. The molecule has 18 heavy (non-hydrogen) atoms. The molecule has 0 aliphatic rings. The number of hydrogen-bond acceptors (Lipinski definition) is 2. The molecule has 0 aliphatic heterocycles. The van der Waals surface area contributed by atoms with Crippen LogP contribution in [0.3, 0.4) is 0 Å². The third-order valence-electron chi connectivity index (χ3n) is 3.07. The predicted molar refractivity (Wildman–Crippen MR) is 75.3 cm³/mol. The molecule has 1 atom stereocenters. The molecule has 0 amide bonds. The van der Waals surface area contributed by atoms with Crippen LogP contribution in [0.2, 0.25) is 0 Å². The quantitative estimate of drug-likeness (QED) is 0.858. The largest absolute Gasteiger partial charge is 0.324 e. The fraction of sp³-hybridized carbons (Fsp3) is 0.333. The molecule has 0 saturated heterocycles. The Hall–Kier alpha value is -1.19. The second kappa shape index (κ2) is 6.12. The molecule has 2 aromatic rings. The van der Waals surface area contributed by atoms with Crippen molar-refractivity contribution in [2.24, 2.45) is 5.73 Å². The summed E-state index contributed by atoms with van der Waals surface area (Å²) < 4.78 is 13.6. The van der Waals surface area contributed by atoms with E-state index in [9.17, 15) is 4.39 Å². The summed E-state index contributed by atoms with van der Waals surface area (Å²) in [5.74, 6) is -0.191. The van der Waals surface area contributed by atoms with E-state index >= 15 is 0 Å². The van der Waals surface area contributed by atoms with Crippen molar-refractivity contribution in [3.05, 3.63) is 57.5 Å². The lowest BCUT2D eigenvalue weighted by molar-refractivity contribution is 0.551. The average Bonchev–Trinajstić information content (AvgIpc) is 2.85. The van der Waals surface area contributed by atoms with Crippen LogP contribution in [0.15, 0.2) is 35.7 Å². The van der Waals surface area contributed by atoms with Gasteiger partial charge in [0.15, 0.2) is 0 Å². The Kier molecular flexibility index (Phi) is 4.50. The van der Waals surface area contributed by atoms with E-state index in [2.05, 4.69) is 17.5 Å². The Labute approximate surface area is 111 Å². The van der Waals surface area contributed by atoms with Gasteiger partial charge in [0.2, 0.25) is 0 Å². The van der Waals surface area contributed by atoms with Crippen LogP contribution in [0.25, 0.3) is 0 Å². The molecule has 2 rings (SSSR count). The molecule has 0 spiro atoms. The zero-order chi connectivity index (χ0) is 13.0. The summed E-state index contributed by atoms with van der Waals surface area (Å²) in [4.78, 5) is 1.37. The maximum atomic E-state index is 13.6. The van der Waals surface area contributed by atoms with E-state index in [0.29, 0.717) is 5.56 Å². The molecule has 1 unspecified atom stereocenters. The molecule has 2 N–H and O–H groups in total. The average molecular weight is 263 g/mol. The van der Waals surface area contributed by atoms with Gasteiger partial charge < -0.3 is 5.73 Å². The fourth-order valence-electron chi connectivity index (χ4n) is 2.05. The SMILES string of the molecule is Cc1ccc(F)c(C(N)CCCc2cccs2)c1. The third-order valence-corrected chi connectivity index (χ3v) is 4.01. The molecule has 1 aromatic heterocycles. The first-order valence-electron chi connectivity index (χ1n) is 6.21. The lowest BCUT2D eigenvalue weighted by atomic mass is 9.99. The molecule has 0 fully saturated rings. The lowest BCUT2D eigenvalue weighted by Gasteiger charge is -2.13. The minimum Gasteiger partial charge on any atom is -0.324 e. The zero-order valence-corrected chi connectivity index (χ0v) is 11.3. The van der Waals surface area contributed by atoms with Crippen LogP contribution >= 0.6 is 11.3 Å².